The first kappa shape index (κ1) is 17.1. The second-order valence-electron chi connectivity index (χ2n) is 5.20. The van der Waals surface area contributed by atoms with Crippen LogP contribution in [0, 0.1) is 10.1 Å². The predicted octanol–water partition coefficient (Wildman–Crippen LogP) is 3.79. The molecule has 0 saturated heterocycles. The van der Waals surface area contributed by atoms with Crippen molar-refractivity contribution in [3.63, 3.8) is 0 Å². The minimum Gasteiger partial charge on any atom is -0.374 e. The zero-order valence-electron chi connectivity index (χ0n) is 12.7. The molecule has 1 aliphatic rings. The summed E-state index contributed by atoms with van der Waals surface area (Å²) < 4.78 is 45.1. The van der Waals surface area contributed by atoms with Gasteiger partial charge in [-0.3, -0.25) is 15.1 Å². The lowest BCUT2D eigenvalue weighted by atomic mass is 9.83. The molecule has 0 radical (unpaired) electrons. The fraction of sp³-hybridized carbons (Fsp3) is 0.400. The van der Waals surface area contributed by atoms with Crippen LogP contribution in [0.2, 0.25) is 0 Å². The predicted molar refractivity (Wildman–Crippen MR) is 77.8 cm³/mol. The number of ether oxygens (including phenoxy) is 1. The molecule has 0 saturated carbocycles. The van der Waals surface area contributed by atoms with Gasteiger partial charge in [-0.15, -0.1) is 0 Å². The first-order valence-corrected chi connectivity index (χ1v) is 6.77. The molecule has 1 heterocycles. The Kier molecular flexibility index (Phi) is 4.56. The lowest BCUT2D eigenvalue weighted by molar-refractivity contribution is -0.433. The van der Waals surface area contributed by atoms with Gasteiger partial charge in [0.15, 0.2) is 0 Å². The number of aliphatic imine (C=N–C) groups is 1. The SMILES string of the molecule is COC1C(C)=NC(C)=C([N+](=O)[O-])C1c1ccccc1C(F)(F)F. The first-order valence-electron chi connectivity index (χ1n) is 6.77. The Balaban J connectivity index is 2.73. The molecule has 2 atom stereocenters. The molecule has 2 rings (SSSR count). The van der Waals surface area contributed by atoms with E-state index >= 15 is 0 Å². The highest BCUT2D eigenvalue weighted by Gasteiger charge is 2.45. The fourth-order valence-corrected chi connectivity index (χ4v) is 2.88. The molecule has 0 bridgehead atoms. The van der Waals surface area contributed by atoms with E-state index in [9.17, 15) is 23.3 Å². The molecule has 0 aromatic heterocycles. The van der Waals surface area contributed by atoms with Crippen molar-refractivity contribution in [3.8, 4) is 0 Å². The second kappa shape index (κ2) is 6.11. The van der Waals surface area contributed by atoms with Crippen LogP contribution in [-0.2, 0) is 10.9 Å². The third-order valence-electron chi connectivity index (χ3n) is 3.78. The van der Waals surface area contributed by atoms with Crippen LogP contribution in [0.4, 0.5) is 13.2 Å². The van der Waals surface area contributed by atoms with E-state index in [1.165, 1.54) is 32.2 Å². The lowest BCUT2D eigenvalue weighted by Gasteiger charge is -2.29. The van der Waals surface area contributed by atoms with E-state index in [-0.39, 0.29) is 17.0 Å². The molecule has 0 N–H and O–H groups in total. The Hall–Kier alpha value is -2.22. The van der Waals surface area contributed by atoms with Crippen LogP contribution >= 0.6 is 0 Å². The van der Waals surface area contributed by atoms with Crippen molar-refractivity contribution < 1.29 is 22.8 Å². The summed E-state index contributed by atoms with van der Waals surface area (Å²) in [5, 5.41) is 11.4. The van der Waals surface area contributed by atoms with Crippen molar-refractivity contribution >= 4 is 5.71 Å². The van der Waals surface area contributed by atoms with Gasteiger partial charge in [-0.1, -0.05) is 18.2 Å². The van der Waals surface area contributed by atoms with Crippen molar-refractivity contribution in [2.45, 2.75) is 32.0 Å². The second-order valence-corrected chi connectivity index (χ2v) is 5.20. The molecule has 0 aliphatic carbocycles. The highest BCUT2D eigenvalue weighted by molar-refractivity contribution is 5.90. The van der Waals surface area contributed by atoms with Gasteiger partial charge in [-0.25, -0.2) is 0 Å². The third kappa shape index (κ3) is 3.12. The van der Waals surface area contributed by atoms with Crippen LogP contribution in [0.15, 0.2) is 40.7 Å². The zero-order valence-corrected chi connectivity index (χ0v) is 12.7. The molecule has 5 nitrogen and oxygen atoms in total. The number of methoxy groups -OCH3 is 1. The number of hydrogen-bond donors (Lipinski definition) is 0. The fourth-order valence-electron chi connectivity index (χ4n) is 2.88. The van der Waals surface area contributed by atoms with Crippen molar-refractivity contribution in [1.29, 1.82) is 0 Å². The summed E-state index contributed by atoms with van der Waals surface area (Å²) in [6, 6.07) is 4.83. The average Bonchev–Trinajstić information content (AvgIpc) is 2.45. The Labute approximate surface area is 130 Å². The monoisotopic (exact) mass is 328 g/mol. The molecular formula is C15H15F3N2O3. The van der Waals surface area contributed by atoms with E-state index in [1.54, 1.807) is 6.92 Å². The van der Waals surface area contributed by atoms with Gasteiger partial charge in [0.1, 0.15) is 17.7 Å². The van der Waals surface area contributed by atoms with E-state index in [1.807, 2.05) is 0 Å². The van der Waals surface area contributed by atoms with Crippen LogP contribution in [0.1, 0.15) is 30.9 Å². The maximum absolute atomic E-state index is 13.3. The Morgan fingerprint density at radius 3 is 2.39 bits per heavy atom. The van der Waals surface area contributed by atoms with Gasteiger partial charge in [0.2, 0.25) is 0 Å². The van der Waals surface area contributed by atoms with Crippen LogP contribution in [0.3, 0.4) is 0 Å². The summed E-state index contributed by atoms with van der Waals surface area (Å²) in [5.41, 5.74) is -0.986. The normalized spacial score (nSPS) is 22.1. The zero-order chi connectivity index (χ0) is 17.4. The molecule has 8 heteroatoms. The van der Waals surface area contributed by atoms with Crippen LogP contribution in [-0.4, -0.2) is 23.8 Å². The van der Waals surface area contributed by atoms with Gasteiger partial charge in [-0.2, -0.15) is 13.2 Å². The van der Waals surface area contributed by atoms with Crippen molar-refractivity contribution in [2.75, 3.05) is 7.11 Å². The first-order chi connectivity index (χ1) is 10.7. The Bertz CT molecular complexity index is 695. The van der Waals surface area contributed by atoms with Crippen LogP contribution in [0.5, 0.6) is 0 Å². The standard InChI is InChI=1S/C15H15F3N2O3/c1-8-13(20(21)22)12(14(23-3)9(2)19-8)10-6-4-5-7-11(10)15(16,17)18/h4-7,12,14H,1-3H3. The molecule has 0 fully saturated rings. The number of halogens is 3. The molecule has 0 spiro atoms. The number of hydrogen-bond acceptors (Lipinski definition) is 4. The van der Waals surface area contributed by atoms with E-state index < -0.39 is 28.7 Å². The minimum atomic E-state index is -4.62. The quantitative estimate of drug-likeness (QED) is 0.626. The molecule has 1 aromatic carbocycles. The smallest absolute Gasteiger partial charge is 0.374 e. The van der Waals surface area contributed by atoms with Crippen molar-refractivity contribution in [1.82, 2.24) is 0 Å². The lowest BCUT2D eigenvalue weighted by Crippen LogP contribution is -2.36. The number of alkyl halides is 3. The molecule has 124 valence electrons. The molecular weight excluding hydrogens is 313 g/mol. The van der Waals surface area contributed by atoms with E-state index in [0.29, 0.717) is 5.71 Å². The van der Waals surface area contributed by atoms with E-state index in [0.717, 1.165) is 6.07 Å². The summed E-state index contributed by atoms with van der Waals surface area (Å²) in [6.45, 7) is 2.99. The molecule has 2 unspecified atom stereocenters. The number of nitrogens with zero attached hydrogens (tertiary/aromatic N) is 2. The van der Waals surface area contributed by atoms with E-state index in [4.69, 9.17) is 4.74 Å². The summed E-state index contributed by atoms with van der Waals surface area (Å²) in [7, 11) is 1.30. The van der Waals surface area contributed by atoms with Gasteiger partial charge in [-0.05, 0) is 25.5 Å². The van der Waals surface area contributed by atoms with Crippen LogP contribution in [0.25, 0.3) is 0 Å². The Morgan fingerprint density at radius 1 is 1.26 bits per heavy atom. The molecule has 23 heavy (non-hydrogen) atoms. The van der Waals surface area contributed by atoms with Gasteiger partial charge in [0, 0.05) is 12.8 Å². The molecule has 1 aromatic rings. The molecule has 0 amide bonds. The summed E-state index contributed by atoms with van der Waals surface area (Å²) in [4.78, 5) is 14.8. The summed E-state index contributed by atoms with van der Waals surface area (Å²) in [6.07, 6.45) is -5.55. The number of nitro groups is 1. The van der Waals surface area contributed by atoms with Gasteiger partial charge < -0.3 is 4.74 Å². The Morgan fingerprint density at radius 2 is 1.87 bits per heavy atom. The molecule has 1 aliphatic heterocycles. The van der Waals surface area contributed by atoms with Crippen molar-refractivity contribution in [2.24, 2.45) is 4.99 Å². The highest BCUT2D eigenvalue weighted by atomic mass is 19.4. The highest BCUT2D eigenvalue weighted by Crippen LogP contribution is 2.42. The van der Waals surface area contributed by atoms with Crippen molar-refractivity contribution in [3.05, 3.63) is 56.9 Å². The summed E-state index contributed by atoms with van der Waals surface area (Å²) in [5.74, 6) is -1.18. The number of rotatable bonds is 3. The minimum absolute atomic E-state index is 0.0859. The van der Waals surface area contributed by atoms with Gasteiger partial charge in [0.25, 0.3) is 5.70 Å². The third-order valence-corrected chi connectivity index (χ3v) is 3.78. The topological polar surface area (TPSA) is 64.7 Å². The number of benzene rings is 1. The maximum atomic E-state index is 13.3. The van der Waals surface area contributed by atoms with Crippen LogP contribution < -0.4 is 0 Å². The number of allylic oxidation sites excluding steroid dienone is 1. The largest absolute Gasteiger partial charge is 0.416 e. The average molecular weight is 328 g/mol. The van der Waals surface area contributed by atoms with E-state index in [2.05, 4.69) is 4.99 Å². The summed E-state index contributed by atoms with van der Waals surface area (Å²) >= 11 is 0. The van der Waals surface area contributed by atoms with Gasteiger partial charge >= 0.3 is 6.18 Å². The maximum Gasteiger partial charge on any atom is 0.416 e. The van der Waals surface area contributed by atoms with Gasteiger partial charge in [0.05, 0.1) is 10.5 Å².